The predicted octanol–water partition coefficient (Wildman–Crippen LogP) is 3.62. The van der Waals surface area contributed by atoms with Crippen LogP contribution in [0, 0.1) is 11.8 Å². The molecule has 1 fully saturated rings. The summed E-state index contributed by atoms with van der Waals surface area (Å²) in [5.41, 5.74) is 1.30. The van der Waals surface area contributed by atoms with Crippen molar-refractivity contribution < 1.29 is 0 Å². The normalized spacial score (nSPS) is 32.9. The van der Waals surface area contributed by atoms with Crippen molar-refractivity contribution in [2.75, 3.05) is 0 Å². The van der Waals surface area contributed by atoms with Gasteiger partial charge in [0.25, 0.3) is 0 Å². The molecular formula is C13H19N. The van der Waals surface area contributed by atoms with Gasteiger partial charge in [0.15, 0.2) is 0 Å². The minimum absolute atomic E-state index is 0.701. The number of hydrogen-bond donors (Lipinski definition) is 0. The highest BCUT2D eigenvalue weighted by Gasteiger charge is 2.26. The second kappa shape index (κ2) is 4.12. The molecule has 1 aromatic rings. The SMILES string of the molecule is C[C@H]1CC[C@@H](c2ccccn2)[C@@H](C)C1. The van der Waals surface area contributed by atoms with Gasteiger partial charge in [0.05, 0.1) is 0 Å². The van der Waals surface area contributed by atoms with Gasteiger partial charge in [0, 0.05) is 17.8 Å². The maximum atomic E-state index is 4.48. The van der Waals surface area contributed by atoms with E-state index in [0.717, 1.165) is 11.8 Å². The number of rotatable bonds is 1. The van der Waals surface area contributed by atoms with E-state index >= 15 is 0 Å². The third kappa shape index (κ3) is 1.97. The Balaban J connectivity index is 2.12. The van der Waals surface area contributed by atoms with Crippen molar-refractivity contribution in [3.63, 3.8) is 0 Å². The predicted molar refractivity (Wildman–Crippen MR) is 59.2 cm³/mol. The van der Waals surface area contributed by atoms with Gasteiger partial charge in [0.1, 0.15) is 0 Å². The fraction of sp³-hybridized carbons (Fsp3) is 0.615. The van der Waals surface area contributed by atoms with Gasteiger partial charge in [-0.15, -0.1) is 0 Å². The van der Waals surface area contributed by atoms with Gasteiger partial charge >= 0.3 is 0 Å². The molecule has 0 spiro atoms. The molecule has 1 aromatic heterocycles. The van der Waals surface area contributed by atoms with E-state index in [2.05, 4.69) is 31.0 Å². The van der Waals surface area contributed by atoms with Crippen LogP contribution < -0.4 is 0 Å². The molecule has 0 aromatic carbocycles. The molecule has 0 N–H and O–H groups in total. The van der Waals surface area contributed by atoms with Crippen LogP contribution in [0.5, 0.6) is 0 Å². The van der Waals surface area contributed by atoms with Crippen LogP contribution in [0.15, 0.2) is 24.4 Å². The first kappa shape index (κ1) is 9.70. The Kier molecular flexibility index (Phi) is 2.85. The van der Waals surface area contributed by atoms with Crippen molar-refractivity contribution in [2.24, 2.45) is 11.8 Å². The van der Waals surface area contributed by atoms with Crippen LogP contribution in [0.1, 0.15) is 44.7 Å². The Bertz CT molecular complexity index is 281. The molecule has 0 unspecified atom stereocenters. The van der Waals surface area contributed by atoms with Crippen LogP contribution in [0.2, 0.25) is 0 Å². The monoisotopic (exact) mass is 189 g/mol. The smallest absolute Gasteiger partial charge is 0.0437 e. The molecule has 1 nitrogen and oxygen atoms in total. The molecule has 3 atom stereocenters. The van der Waals surface area contributed by atoms with Crippen LogP contribution in [0.3, 0.4) is 0 Å². The summed E-state index contributed by atoms with van der Waals surface area (Å²) < 4.78 is 0. The van der Waals surface area contributed by atoms with Crippen LogP contribution in [-0.4, -0.2) is 4.98 Å². The molecule has 1 saturated carbocycles. The molecule has 76 valence electrons. The van der Waals surface area contributed by atoms with Crippen LogP contribution >= 0.6 is 0 Å². The molecule has 0 radical (unpaired) electrons. The van der Waals surface area contributed by atoms with Gasteiger partial charge in [-0.25, -0.2) is 0 Å². The maximum absolute atomic E-state index is 4.48. The minimum atomic E-state index is 0.701. The van der Waals surface area contributed by atoms with Gasteiger partial charge in [-0.1, -0.05) is 26.3 Å². The van der Waals surface area contributed by atoms with Crippen molar-refractivity contribution in [3.8, 4) is 0 Å². The van der Waals surface area contributed by atoms with E-state index in [1.165, 1.54) is 25.0 Å². The van der Waals surface area contributed by atoms with Crippen molar-refractivity contribution in [2.45, 2.75) is 39.0 Å². The fourth-order valence-corrected chi connectivity index (χ4v) is 2.70. The molecule has 0 aliphatic heterocycles. The molecule has 0 bridgehead atoms. The van der Waals surface area contributed by atoms with E-state index in [4.69, 9.17) is 0 Å². The highest BCUT2D eigenvalue weighted by molar-refractivity contribution is 5.11. The molecule has 0 saturated heterocycles. The Labute approximate surface area is 86.6 Å². The largest absolute Gasteiger partial charge is 0.261 e. The quantitative estimate of drug-likeness (QED) is 0.657. The van der Waals surface area contributed by atoms with Gasteiger partial charge < -0.3 is 0 Å². The zero-order valence-corrected chi connectivity index (χ0v) is 9.11. The Hall–Kier alpha value is -0.850. The number of pyridine rings is 1. The Morgan fingerprint density at radius 3 is 2.71 bits per heavy atom. The zero-order chi connectivity index (χ0) is 9.97. The Morgan fingerprint density at radius 1 is 1.21 bits per heavy atom. The lowest BCUT2D eigenvalue weighted by Gasteiger charge is -2.32. The standard InChI is InChI=1S/C13H19N/c1-10-6-7-12(11(2)9-10)13-5-3-4-8-14-13/h3-5,8,10-12H,6-7,9H2,1-2H3/t10-,11-,12+/m0/s1. The van der Waals surface area contributed by atoms with Crippen molar-refractivity contribution in [1.29, 1.82) is 0 Å². The summed E-state index contributed by atoms with van der Waals surface area (Å²) in [6.45, 7) is 4.74. The topological polar surface area (TPSA) is 12.9 Å². The van der Waals surface area contributed by atoms with Gasteiger partial charge in [-0.3, -0.25) is 4.98 Å². The summed E-state index contributed by atoms with van der Waals surface area (Å²) in [6, 6.07) is 6.28. The average Bonchev–Trinajstić information content (AvgIpc) is 2.19. The summed E-state index contributed by atoms with van der Waals surface area (Å²) >= 11 is 0. The molecule has 0 amide bonds. The second-order valence-corrected chi connectivity index (χ2v) is 4.76. The lowest BCUT2D eigenvalue weighted by atomic mass is 9.74. The maximum Gasteiger partial charge on any atom is 0.0437 e. The lowest BCUT2D eigenvalue weighted by Crippen LogP contribution is -2.20. The zero-order valence-electron chi connectivity index (χ0n) is 9.11. The highest BCUT2D eigenvalue weighted by Crippen LogP contribution is 2.38. The summed E-state index contributed by atoms with van der Waals surface area (Å²) in [6.07, 6.45) is 5.96. The lowest BCUT2D eigenvalue weighted by molar-refractivity contribution is 0.258. The third-order valence-electron chi connectivity index (χ3n) is 3.50. The van der Waals surface area contributed by atoms with E-state index in [9.17, 15) is 0 Å². The summed E-state index contributed by atoms with van der Waals surface area (Å²) in [5, 5.41) is 0. The highest BCUT2D eigenvalue weighted by atomic mass is 14.7. The van der Waals surface area contributed by atoms with Crippen molar-refractivity contribution >= 4 is 0 Å². The molecule has 14 heavy (non-hydrogen) atoms. The second-order valence-electron chi connectivity index (χ2n) is 4.76. The molecule has 1 heterocycles. The average molecular weight is 189 g/mol. The Morgan fingerprint density at radius 2 is 2.07 bits per heavy atom. The van der Waals surface area contributed by atoms with Crippen molar-refractivity contribution in [1.82, 2.24) is 4.98 Å². The molecule has 1 aliphatic rings. The minimum Gasteiger partial charge on any atom is -0.261 e. The summed E-state index contributed by atoms with van der Waals surface area (Å²) in [7, 11) is 0. The van der Waals surface area contributed by atoms with Crippen LogP contribution in [0.25, 0.3) is 0 Å². The molecule has 2 rings (SSSR count). The number of nitrogens with zero attached hydrogens (tertiary/aromatic N) is 1. The summed E-state index contributed by atoms with van der Waals surface area (Å²) in [5.74, 6) is 2.41. The first-order valence-corrected chi connectivity index (χ1v) is 5.68. The van der Waals surface area contributed by atoms with E-state index < -0.39 is 0 Å². The van der Waals surface area contributed by atoms with Crippen LogP contribution in [0.4, 0.5) is 0 Å². The molecule has 1 aliphatic carbocycles. The van der Waals surface area contributed by atoms with Gasteiger partial charge in [-0.2, -0.15) is 0 Å². The van der Waals surface area contributed by atoms with E-state index in [1.54, 1.807) is 0 Å². The molecule has 1 heteroatoms. The number of hydrogen-bond acceptors (Lipinski definition) is 1. The summed E-state index contributed by atoms with van der Waals surface area (Å²) in [4.78, 5) is 4.48. The first-order valence-electron chi connectivity index (χ1n) is 5.68. The first-order chi connectivity index (χ1) is 6.77. The van der Waals surface area contributed by atoms with E-state index in [-0.39, 0.29) is 0 Å². The van der Waals surface area contributed by atoms with Crippen LogP contribution in [-0.2, 0) is 0 Å². The molecular weight excluding hydrogens is 170 g/mol. The fourth-order valence-electron chi connectivity index (χ4n) is 2.70. The number of aromatic nitrogens is 1. The van der Waals surface area contributed by atoms with E-state index in [1.807, 2.05) is 12.3 Å². The van der Waals surface area contributed by atoms with Gasteiger partial charge in [-0.05, 0) is 36.8 Å². The van der Waals surface area contributed by atoms with E-state index in [0.29, 0.717) is 5.92 Å². The third-order valence-corrected chi connectivity index (χ3v) is 3.50. The van der Waals surface area contributed by atoms with Crippen molar-refractivity contribution in [3.05, 3.63) is 30.1 Å². The van der Waals surface area contributed by atoms with Gasteiger partial charge in [0.2, 0.25) is 0 Å².